The highest BCUT2D eigenvalue weighted by Gasteiger charge is 2.24. The summed E-state index contributed by atoms with van der Waals surface area (Å²) in [4.78, 5) is 17.5. The van der Waals surface area contributed by atoms with Gasteiger partial charge in [0.1, 0.15) is 6.10 Å². The highest BCUT2D eigenvalue weighted by Crippen LogP contribution is 2.34. The van der Waals surface area contributed by atoms with Gasteiger partial charge < -0.3 is 19.1 Å². The van der Waals surface area contributed by atoms with Crippen LogP contribution in [0.4, 0.5) is 5.00 Å². The van der Waals surface area contributed by atoms with E-state index in [-0.39, 0.29) is 17.0 Å². The molecule has 10 nitrogen and oxygen atoms in total. The summed E-state index contributed by atoms with van der Waals surface area (Å²) in [5, 5.41) is 10.9. The van der Waals surface area contributed by atoms with Gasteiger partial charge in [-0.25, -0.2) is 0 Å². The van der Waals surface area contributed by atoms with E-state index in [0.29, 0.717) is 23.6 Å². The molecule has 3 aromatic rings. The third-order valence-corrected chi connectivity index (χ3v) is 9.29. The Morgan fingerprint density at radius 3 is 2.24 bits per heavy atom. The van der Waals surface area contributed by atoms with Crippen molar-refractivity contribution in [2.45, 2.75) is 44.6 Å². The number of thiophene rings is 1. The summed E-state index contributed by atoms with van der Waals surface area (Å²) in [5.41, 5.74) is 2.30. The maximum absolute atomic E-state index is 12.2. The summed E-state index contributed by atoms with van der Waals surface area (Å²) in [6.07, 6.45) is 3.52. The molecule has 12 heteroatoms. The minimum absolute atomic E-state index is 0.0196. The lowest BCUT2D eigenvalue weighted by Crippen LogP contribution is -2.39. The summed E-state index contributed by atoms with van der Waals surface area (Å²) in [6.45, 7) is 9.67. The number of esters is 1. The van der Waals surface area contributed by atoms with Gasteiger partial charge in [0.2, 0.25) is 0 Å². The van der Waals surface area contributed by atoms with Gasteiger partial charge in [-0.2, -0.15) is 13.7 Å². The Morgan fingerprint density at radius 2 is 1.69 bits per heavy atom. The molecule has 0 aliphatic carbocycles. The van der Waals surface area contributed by atoms with Gasteiger partial charge in [-0.3, -0.25) is 14.2 Å². The molecular formula is C33H41N3O7S2. The molecule has 1 saturated heterocycles. The van der Waals surface area contributed by atoms with Crippen LogP contribution in [0, 0.1) is 18.3 Å². The number of benzene rings is 2. The minimum atomic E-state index is -4.02. The Labute approximate surface area is 270 Å². The van der Waals surface area contributed by atoms with E-state index in [1.54, 1.807) is 43.8 Å². The van der Waals surface area contributed by atoms with E-state index in [4.69, 9.17) is 18.8 Å². The fourth-order valence-electron chi connectivity index (χ4n) is 4.67. The first kappa shape index (κ1) is 35.6. The molecule has 242 valence electrons. The molecule has 0 unspecified atom stereocenters. The molecule has 2 aromatic carbocycles. The second-order valence-corrected chi connectivity index (χ2v) is 12.9. The number of rotatable bonds is 11. The first-order chi connectivity index (χ1) is 21.5. The fraction of sp³-hybridized carbons (Fsp3) is 0.394. The number of nitriles is 1. The maximum atomic E-state index is 12.2. The van der Waals surface area contributed by atoms with Gasteiger partial charge >= 0.3 is 5.97 Å². The monoisotopic (exact) mass is 655 g/mol. The summed E-state index contributed by atoms with van der Waals surface area (Å²) < 4.78 is 45.9. The third-order valence-electron chi connectivity index (χ3n) is 7.33. The number of carbonyl (C=O) groups excluding carboxylic acids is 1. The van der Waals surface area contributed by atoms with Crippen LogP contribution >= 0.6 is 11.3 Å². The van der Waals surface area contributed by atoms with E-state index in [1.165, 1.54) is 12.1 Å². The zero-order valence-corrected chi connectivity index (χ0v) is 28.0. The Hall–Kier alpha value is -3.89. The lowest BCUT2D eigenvalue weighted by Gasteiger charge is -2.32. The number of likely N-dealkylation sites (N-methyl/N-ethyl adjacent to an activating group) is 1. The van der Waals surface area contributed by atoms with Gasteiger partial charge in [0.05, 0.1) is 42.3 Å². The lowest BCUT2D eigenvalue weighted by molar-refractivity contribution is -0.151. The molecule has 1 aromatic heterocycles. The topological polar surface area (TPSA) is 129 Å². The summed E-state index contributed by atoms with van der Waals surface area (Å²) in [5.74, 6) is 1.09. The van der Waals surface area contributed by atoms with Crippen molar-refractivity contribution >= 4 is 44.1 Å². The Kier molecular flexibility index (Phi) is 13.4. The summed E-state index contributed by atoms with van der Waals surface area (Å²) >= 11 is 1.65. The zero-order chi connectivity index (χ0) is 33.0. The highest BCUT2D eigenvalue weighted by molar-refractivity contribution is 7.85. The number of ether oxygens (including phenoxy) is 3. The van der Waals surface area contributed by atoms with E-state index in [1.807, 2.05) is 45.0 Å². The molecule has 45 heavy (non-hydrogen) atoms. The van der Waals surface area contributed by atoms with E-state index >= 15 is 0 Å². The predicted molar refractivity (Wildman–Crippen MR) is 177 cm³/mol. The van der Waals surface area contributed by atoms with Crippen molar-refractivity contribution < 1.29 is 32.0 Å². The number of hydrogen-bond donors (Lipinski definition) is 1. The molecule has 0 radical (unpaired) electrons. The van der Waals surface area contributed by atoms with E-state index in [2.05, 4.69) is 21.9 Å². The maximum Gasteiger partial charge on any atom is 0.320 e. The van der Waals surface area contributed by atoms with Gasteiger partial charge in [-0.05, 0) is 74.1 Å². The number of anilines is 1. The van der Waals surface area contributed by atoms with Crippen molar-refractivity contribution in [1.82, 2.24) is 4.90 Å². The van der Waals surface area contributed by atoms with Crippen LogP contribution in [-0.2, 0) is 19.6 Å². The quantitative estimate of drug-likeness (QED) is 0.151. The molecule has 0 saturated carbocycles. The number of carbonyl (C=O) groups is 1. The van der Waals surface area contributed by atoms with Crippen LogP contribution in [0.1, 0.15) is 42.7 Å². The number of nitrogens with zero attached hydrogens (tertiary/aromatic N) is 3. The Bertz CT molecular complexity index is 1580. The summed E-state index contributed by atoms with van der Waals surface area (Å²) in [7, 11) is -0.850. The van der Waals surface area contributed by atoms with Crippen LogP contribution in [0.3, 0.4) is 0 Å². The van der Waals surface area contributed by atoms with Crippen LogP contribution in [0.25, 0.3) is 11.6 Å². The van der Waals surface area contributed by atoms with Crippen molar-refractivity contribution in [2.24, 2.45) is 0 Å². The normalized spacial score (nSPS) is 13.9. The van der Waals surface area contributed by atoms with Gasteiger partial charge in [0, 0.05) is 30.8 Å². The zero-order valence-electron chi connectivity index (χ0n) is 26.4. The van der Waals surface area contributed by atoms with E-state index < -0.39 is 10.1 Å². The van der Waals surface area contributed by atoms with E-state index in [0.717, 1.165) is 60.0 Å². The van der Waals surface area contributed by atoms with Crippen molar-refractivity contribution in [3.63, 3.8) is 0 Å². The van der Waals surface area contributed by atoms with Crippen molar-refractivity contribution in [2.75, 3.05) is 51.8 Å². The molecule has 0 atom stereocenters. The minimum Gasteiger partial charge on any atom is -0.493 e. The first-order valence-corrected chi connectivity index (χ1v) is 16.9. The molecule has 1 fully saturated rings. The SMILES string of the molecule is CCN(CC)CC(=O)OC1CCN(c2ccc(C=C(C#N)c3ccc(OC)c(OC)c3)s2)CC1.Cc1ccc(S(=O)(=O)O)cc1. The molecule has 0 spiro atoms. The standard InChI is InChI=1S/C26H33N3O4S.C7H8O3S/c1-5-28(6-2)18-26(30)33-21-11-13-29(14-12-21)25-10-8-22(34-25)15-20(17-27)19-7-9-23(31-3)24(16-19)32-4;1-6-2-4-7(5-3-6)11(8,9)10/h7-10,15-16,21H,5-6,11-14,18H2,1-4H3;2-5H,1H3,(H,8,9,10). The number of piperidine rings is 1. The fourth-order valence-corrected chi connectivity index (χ4v) is 6.16. The van der Waals surface area contributed by atoms with Crippen LogP contribution in [0.2, 0.25) is 0 Å². The molecule has 2 heterocycles. The molecule has 0 amide bonds. The smallest absolute Gasteiger partial charge is 0.320 e. The molecule has 1 aliphatic heterocycles. The molecule has 1 N–H and O–H groups in total. The van der Waals surface area contributed by atoms with Crippen molar-refractivity contribution in [3.05, 3.63) is 70.6 Å². The van der Waals surface area contributed by atoms with Gasteiger partial charge in [0.15, 0.2) is 11.5 Å². The molecular weight excluding hydrogens is 615 g/mol. The van der Waals surface area contributed by atoms with Crippen molar-refractivity contribution in [3.8, 4) is 17.6 Å². The second-order valence-electron chi connectivity index (χ2n) is 10.3. The van der Waals surface area contributed by atoms with E-state index in [9.17, 15) is 18.5 Å². The molecule has 0 bridgehead atoms. The predicted octanol–water partition coefficient (Wildman–Crippen LogP) is 5.93. The summed E-state index contributed by atoms with van der Waals surface area (Å²) in [6, 6.07) is 17.9. The Balaban J connectivity index is 0.000000423. The number of aryl methyl sites for hydroxylation is 1. The van der Waals surface area contributed by atoms with Crippen LogP contribution in [-0.4, -0.2) is 76.9 Å². The van der Waals surface area contributed by atoms with Crippen molar-refractivity contribution in [1.29, 1.82) is 5.26 Å². The highest BCUT2D eigenvalue weighted by atomic mass is 32.2. The van der Waals surface area contributed by atoms with Crippen LogP contribution < -0.4 is 14.4 Å². The van der Waals surface area contributed by atoms with Gasteiger partial charge in [-0.1, -0.05) is 31.5 Å². The third kappa shape index (κ3) is 10.6. The van der Waals surface area contributed by atoms with Crippen LogP contribution in [0.5, 0.6) is 11.5 Å². The number of hydrogen-bond acceptors (Lipinski definition) is 10. The van der Waals surface area contributed by atoms with Crippen LogP contribution in [0.15, 0.2) is 59.5 Å². The average molecular weight is 656 g/mol. The molecule has 4 rings (SSSR count). The molecule has 1 aliphatic rings. The average Bonchev–Trinajstić information content (AvgIpc) is 3.51. The van der Waals surface area contributed by atoms with Gasteiger partial charge in [-0.15, -0.1) is 11.3 Å². The van der Waals surface area contributed by atoms with Gasteiger partial charge in [0.25, 0.3) is 10.1 Å². The Morgan fingerprint density at radius 1 is 1.04 bits per heavy atom. The number of methoxy groups -OCH3 is 2. The largest absolute Gasteiger partial charge is 0.493 e. The number of allylic oxidation sites excluding steroid dienone is 1. The lowest BCUT2D eigenvalue weighted by atomic mass is 10.1. The second kappa shape index (κ2) is 17.0. The first-order valence-electron chi connectivity index (χ1n) is 14.7.